The average Bonchev–Trinajstić information content (AvgIpc) is 1.81. The lowest BCUT2D eigenvalue weighted by molar-refractivity contribution is -0.897. The number of quaternary nitrogens is 1. The summed E-state index contributed by atoms with van der Waals surface area (Å²) in [4.78, 5) is 0. The monoisotopic (exact) mass is 161 g/mol. The molecule has 1 saturated heterocycles. The Morgan fingerprint density at radius 3 is 2.45 bits per heavy atom. The summed E-state index contributed by atoms with van der Waals surface area (Å²) in [7, 11) is 1.48. The highest BCUT2D eigenvalue weighted by Crippen LogP contribution is 2.22. The standard InChI is InChI=1S/C7H15NO3/c1-5-7(10)3-6(9)4-8(5,2)11/h5-7,9-10H,3-4H2,1-2H3/t5-,6?,7?,8+/m1/s1. The summed E-state index contributed by atoms with van der Waals surface area (Å²) in [6, 6.07) is -0.321. The van der Waals surface area contributed by atoms with Crippen molar-refractivity contribution < 1.29 is 14.9 Å². The van der Waals surface area contributed by atoms with Crippen molar-refractivity contribution in [2.24, 2.45) is 0 Å². The van der Waals surface area contributed by atoms with E-state index < -0.39 is 16.9 Å². The van der Waals surface area contributed by atoms with Crippen LogP contribution in [0.15, 0.2) is 0 Å². The number of hydrogen-bond donors (Lipinski definition) is 2. The van der Waals surface area contributed by atoms with E-state index in [0.29, 0.717) is 6.42 Å². The van der Waals surface area contributed by atoms with Gasteiger partial charge in [-0.05, 0) is 6.92 Å². The zero-order chi connectivity index (χ0) is 8.65. The van der Waals surface area contributed by atoms with Crippen molar-refractivity contribution in [3.05, 3.63) is 5.21 Å². The van der Waals surface area contributed by atoms with Gasteiger partial charge in [0.25, 0.3) is 0 Å². The number of rotatable bonds is 0. The summed E-state index contributed by atoms with van der Waals surface area (Å²) in [5.41, 5.74) is 0. The van der Waals surface area contributed by atoms with Gasteiger partial charge in [-0.1, -0.05) is 0 Å². The zero-order valence-electron chi connectivity index (χ0n) is 6.90. The normalized spacial score (nSPS) is 52.6. The maximum absolute atomic E-state index is 11.5. The molecule has 0 aromatic carbocycles. The molecule has 0 aromatic rings. The molecule has 11 heavy (non-hydrogen) atoms. The predicted molar refractivity (Wildman–Crippen MR) is 40.5 cm³/mol. The SMILES string of the molecule is C[C@@H]1C(O)CC(O)C[N@+]1(C)[O-]. The summed E-state index contributed by atoms with van der Waals surface area (Å²) in [6.07, 6.45) is -0.984. The van der Waals surface area contributed by atoms with E-state index in [0.717, 1.165) is 0 Å². The smallest absolute Gasteiger partial charge is 0.112 e. The molecule has 4 heteroatoms. The van der Waals surface area contributed by atoms with Gasteiger partial charge < -0.3 is 20.1 Å². The molecule has 0 radical (unpaired) electrons. The summed E-state index contributed by atoms with van der Waals surface area (Å²) in [5, 5.41) is 30.0. The Bertz CT molecular complexity index is 149. The van der Waals surface area contributed by atoms with Gasteiger partial charge in [-0.25, -0.2) is 0 Å². The van der Waals surface area contributed by atoms with E-state index in [1.165, 1.54) is 7.05 Å². The third-order valence-electron chi connectivity index (χ3n) is 2.51. The van der Waals surface area contributed by atoms with E-state index in [4.69, 9.17) is 5.11 Å². The molecule has 66 valence electrons. The minimum atomic E-state index is -0.666. The largest absolute Gasteiger partial charge is 0.633 e. The van der Waals surface area contributed by atoms with E-state index in [2.05, 4.69) is 0 Å². The van der Waals surface area contributed by atoms with Gasteiger partial charge in [0.05, 0.1) is 7.05 Å². The Morgan fingerprint density at radius 2 is 2.00 bits per heavy atom. The fraction of sp³-hybridized carbons (Fsp3) is 1.00. The van der Waals surface area contributed by atoms with Crippen LogP contribution in [0.2, 0.25) is 0 Å². The highest BCUT2D eigenvalue weighted by molar-refractivity contribution is 4.76. The van der Waals surface area contributed by atoms with Crippen LogP contribution in [-0.4, -0.2) is 46.7 Å². The van der Waals surface area contributed by atoms with Gasteiger partial charge in [0.15, 0.2) is 0 Å². The molecular formula is C7H15NO3. The van der Waals surface area contributed by atoms with E-state index in [1.807, 2.05) is 0 Å². The molecule has 1 heterocycles. The number of hydrogen-bond acceptors (Lipinski definition) is 3. The van der Waals surface area contributed by atoms with Gasteiger partial charge in [0.2, 0.25) is 0 Å². The molecule has 0 aromatic heterocycles. The van der Waals surface area contributed by atoms with Crippen LogP contribution >= 0.6 is 0 Å². The summed E-state index contributed by atoms with van der Waals surface area (Å²) < 4.78 is -0.539. The van der Waals surface area contributed by atoms with Crippen LogP contribution in [0.3, 0.4) is 0 Å². The molecule has 1 aliphatic rings. The second kappa shape index (κ2) is 2.71. The number of nitrogens with zero attached hydrogens (tertiary/aromatic N) is 1. The molecule has 0 amide bonds. The molecule has 2 N–H and O–H groups in total. The molecule has 1 rings (SSSR count). The van der Waals surface area contributed by atoms with E-state index in [9.17, 15) is 10.3 Å². The number of hydroxylamine groups is 3. The van der Waals surface area contributed by atoms with Crippen molar-refractivity contribution in [3.63, 3.8) is 0 Å². The second-order valence-electron chi connectivity index (χ2n) is 3.55. The topological polar surface area (TPSA) is 63.5 Å². The van der Waals surface area contributed by atoms with Crippen molar-refractivity contribution in [3.8, 4) is 0 Å². The first kappa shape index (κ1) is 8.93. The molecule has 0 saturated carbocycles. The Labute approximate surface area is 66.2 Å². The van der Waals surface area contributed by atoms with Crippen molar-refractivity contribution in [2.75, 3.05) is 13.6 Å². The molecule has 0 aliphatic carbocycles. The van der Waals surface area contributed by atoms with E-state index >= 15 is 0 Å². The van der Waals surface area contributed by atoms with Gasteiger partial charge in [-0.2, -0.15) is 0 Å². The Hall–Kier alpha value is -0.160. The zero-order valence-corrected chi connectivity index (χ0v) is 6.90. The third-order valence-corrected chi connectivity index (χ3v) is 2.51. The van der Waals surface area contributed by atoms with Crippen molar-refractivity contribution in [1.82, 2.24) is 0 Å². The number of aliphatic hydroxyl groups excluding tert-OH is 2. The van der Waals surface area contributed by atoms with Crippen LogP contribution in [0, 0.1) is 5.21 Å². The van der Waals surface area contributed by atoms with Crippen LogP contribution in [-0.2, 0) is 0 Å². The Kier molecular flexibility index (Phi) is 2.20. The molecule has 1 aliphatic heterocycles. The van der Waals surface area contributed by atoms with Gasteiger partial charge in [0, 0.05) is 6.42 Å². The van der Waals surface area contributed by atoms with E-state index in [-0.39, 0.29) is 12.6 Å². The first-order valence-electron chi connectivity index (χ1n) is 3.86. The summed E-state index contributed by atoms with van der Waals surface area (Å²) in [5.74, 6) is 0. The lowest BCUT2D eigenvalue weighted by Gasteiger charge is -2.50. The lowest BCUT2D eigenvalue weighted by Crippen LogP contribution is -2.59. The fourth-order valence-corrected chi connectivity index (χ4v) is 1.50. The van der Waals surface area contributed by atoms with Crippen molar-refractivity contribution in [2.45, 2.75) is 31.6 Å². The number of likely N-dealkylation sites (N-methyl/N-ethyl adjacent to an activating group) is 1. The van der Waals surface area contributed by atoms with Crippen LogP contribution in [0.4, 0.5) is 0 Å². The minimum Gasteiger partial charge on any atom is -0.633 e. The quantitative estimate of drug-likeness (QED) is 0.370. The van der Waals surface area contributed by atoms with Gasteiger partial charge in [-0.3, -0.25) is 0 Å². The van der Waals surface area contributed by atoms with Crippen molar-refractivity contribution >= 4 is 0 Å². The maximum atomic E-state index is 11.5. The van der Waals surface area contributed by atoms with Crippen LogP contribution in [0.5, 0.6) is 0 Å². The summed E-state index contributed by atoms with van der Waals surface area (Å²) >= 11 is 0. The van der Waals surface area contributed by atoms with Gasteiger partial charge in [0.1, 0.15) is 24.8 Å². The third kappa shape index (κ3) is 1.70. The van der Waals surface area contributed by atoms with Gasteiger partial charge >= 0.3 is 0 Å². The predicted octanol–water partition coefficient (Wildman–Crippen LogP) is -0.555. The molecular weight excluding hydrogens is 146 g/mol. The summed E-state index contributed by atoms with van der Waals surface area (Å²) in [6.45, 7) is 1.90. The minimum absolute atomic E-state index is 0.193. The molecule has 0 spiro atoms. The first-order chi connectivity index (χ1) is 4.93. The fourth-order valence-electron chi connectivity index (χ4n) is 1.50. The second-order valence-corrected chi connectivity index (χ2v) is 3.55. The number of aliphatic hydroxyl groups is 2. The van der Waals surface area contributed by atoms with Crippen LogP contribution < -0.4 is 0 Å². The van der Waals surface area contributed by atoms with Crippen LogP contribution in [0.1, 0.15) is 13.3 Å². The highest BCUT2D eigenvalue weighted by Gasteiger charge is 2.36. The number of likely N-dealkylation sites (tertiary alicyclic amines) is 1. The average molecular weight is 161 g/mol. The lowest BCUT2D eigenvalue weighted by atomic mass is 9.98. The number of piperidine rings is 1. The Balaban J connectivity index is 2.67. The molecule has 0 bridgehead atoms. The van der Waals surface area contributed by atoms with Crippen molar-refractivity contribution in [1.29, 1.82) is 0 Å². The first-order valence-corrected chi connectivity index (χ1v) is 3.86. The molecule has 2 unspecified atom stereocenters. The molecule has 1 fully saturated rings. The Morgan fingerprint density at radius 1 is 1.45 bits per heavy atom. The van der Waals surface area contributed by atoms with Gasteiger partial charge in [-0.15, -0.1) is 0 Å². The van der Waals surface area contributed by atoms with Crippen LogP contribution in [0.25, 0.3) is 0 Å². The highest BCUT2D eigenvalue weighted by atomic mass is 16.6. The molecule has 4 atom stereocenters. The van der Waals surface area contributed by atoms with E-state index in [1.54, 1.807) is 6.92 Å². The molecule has 4 nitrogen and oxygen atoms in total. The maximum Gasteiger partial charge on any atom is 0.112 e.